The average molecular weight is 113 g/mol. The highest BCUT2D eigenvalue weighted by atomic mass is 16.4. The van der Waals surface area contributed by atoms with E-state index in [2.05, 4.69) is 10.9 Å². The summed E-state index contributed by atoms with van der Waals surface area (Å²) in [5.41, 5.74) is 0.757. The monoisotopic (exact) mass is 113 g/mol. The standard InChI is InChI=1S/C5H7NO2/c1-4(2)3-6-5(7)8/h1-2H3,(H,7,8). The Hall–Kier alpha value is -1.08. The summed E-state index contributed by atoms with van der Waals surface area (Å²) >= 11 is 0. The number of rotatable bonds is 0. The number of carbonyl (C=O) groups is 1. The lowest BCUT2D eigenvalue weighted by molar-refractivity contribution is 0.206. The molecule has 0 aromatic carbocycles. The van der Waals surface area contributed by atoms with E-state index < -0.39 is 6.09 Å². The lowest BCUT2D eigenvalue weighted by Gasteiger charge is -1.73. The quantitative estimate of drug-likeness (QED) is 0.481. The van der Waals surface area contributed by atoms with Gasteiger partial charge in [0.1, 0.15) is 0 Å². The highest BCUT2D eigenvalue weighted by Crippen LogP contribution is 1.77. The van der Waals surface area contributed by atoms with Crippen LogP contribution in [-0.4, -0.2) is 17.1 Å². The summed E-state index contributed by atoms with van der Waals surface area (Å²) in [6, 6.07) is 0. The van der Waals surface area contributed by atoms with Crippen molar-refractivity contribution in [2.75, 3.05) is 0 Å². The summed E-state index contributed by atoms with van der Waals surface area (Å²) in [7, 11) is 0. The van der Waals surface area contributed by atoms with Crippen molar-refractivity contribution in [3.05, 3.63) is 5.57 Å². The van der Waals surface area contributed by atoms with Crippen molar-refractivity contribution < 1.29 is 9.90 Å². The van der Waals surface area contributed by atoms with Gasteiger partial charge in [-0.2, -0.15) is 0 Å². The Labute approximate surface area is 47.4 Å². The molecule has 0 saturated carbocycles. The van der Waals surface area contributed by atoms with Gasteiger partial charge < -0.3 is 5.11 Å². The third-order valence-electron chi connectivity index (χ3n) is 0.375. The van der Waals surface area contributed by atoms with Crippen LogP contribution in [0.3, 0.4) is 0 Å². The molecular formula is C5H7NO2. The summed E-state index contributed by atoms with van der Waals surface area (Å²) in [4.78, 5) is 12.6. The van der Waals surface area contributed by atoms with Gasteiger partial charge in [0.25, 0.3) is 0 Å². The van der Waals surface area contributed by atoms with E-state index in [4.69, 9.17) is 5.11 Å². The van der Waals surface area contributed by atoms with E-state index in [1.54, 1.807) is 13.8 Å². The highest BCUT2D eigenvalue weighted by Gasteiger charge is 1.80. The number of hydrogen-bond acceptors (Lipinski definition) is 1. The second-order valence-corrected chi connectivity index (χ2v) is 1.51. The predicted molar refractivity (Wildman–Crippen MR) is 30.3 cm³/mol. The lowest BCUT2D eigenvalue weighted by atomic mass is 10.4. The fraction of sp³-hybridized carbons (Fsp3) is 0.400. The number of nitrogens with zero attached hydrogens (tertiary/aromatic N) is 1. The molecule has 0 radical (unpaired) electrons. The molecule has 0 spiro atoms. The van der Waals surface area contributed by atoms with E-state index in [9.17, 15) is 4.79 Å². The van der Waals surface area contributed by atoms with Gasteiger partial charge in [-0.05, 0) is 25.3 Å². The Morgan fingerprint density at radius 1 is 1.62 bits per heavy atom. The molecular weight excluding hydrogens is 106 g/mol. The van der Waals surface area contributed by atoms with Crippen molar-refractivity contribution in [1.29, 1.82) is 0 Å². The van der Waals surface area contributed by atoms with Gasteiger partial charge >= 0.3 is 6.09 Å². The SMILES string of the molecule is CC(C)=C=NC(=O)O. The third kappa shape index (κ3) is 4.92. The maximum atomic E-state index is 9.66. The van der Waals surface area contributed by atoms with E-state index in [1.807, 2.05) is 0 Å². The van der Waals surface area contributed by atoms with Crippen LogP contribution in [0.5, 0.6) is 0 Å². The van der Waals surface area contributed by atoms with Gasteiger partial charge in [-0.1, -0.05) is 0 Å². The number of amides is 1. The Kier molecular flexibility index (Phi) is 2.59. The van der Waals surface area contributed by atoms with Crippen LogP contribution in [0.15, 0.2) is 10.6 Å². The molecule has 0 aliphatic rings. The normalized spacial score (nSPS) is 7.25. The molecule has 0 aliphatic heterocycles. The molecule has 0 aliphatic carbocycles. The number of allylic oxidation sites excluding steroid dienone is 1. The van der Waals surface area contributed by atoms with Crippen LogP contribution in [0.4, 0.5) is 4.79 Å². The van der Waals surface area contributed by atoms with Crippen LogP contribution in [0, 0.1) is 0 Å². The molecule has 0 unspecified atom stereocenters. The summed E-state index contributed by atoms with van der Waals surface area (Å²) in [5.74, 6) is 2.29. The van der Waals surface area contributed by atoms with Crippen molar-refractivity contribution in [1.82, 2.24) is 0 Å². The molecule has 0 bridgehead atoms. The first-order valence-corrected chi connectivity index (χ1v) is 2.12. The minimum Gasteiger partial charge on any atom is -0.463 e. The van der Waals surface area contributed by atoms with Crippen molar-refractivity contribution in [3.8, 4) is 0 Å². The van der Waals surface area contributed by atoms with Gasteiger partial charge in [-0.3, -0.25) is 0 Å². The minimum absolute atomic E-state index is 0.757. The van der Waals surface area contributed by atoms with E-state index in [1.165, 1.54) is 0 Å². The minimum atomic E-state index is -1.20. The molecule has 3 nitrogen and oxygen atoms in total. The Bertz CT molecular complexity index is 150. The number of aliphatic imine (C=N–C) groups is 1. The van der Waals surface area contributed by atoms with Crippen LogP contribution in [0.1, 0.15) is 13.8 Å². The van der Waals surface area contributed by atoms with Crippen LogP contribution in [-0.2, 0) is 0 Å². The van der Waals surface area contributed by atoms with Crippen LogP contribution < -0.4 is 0 Å². The topological polar surface area (TPSA) is 49.7 Å². The van der Waals surface area contributed by atoms with Gasteiger partial charge in [0, 0.05) is 0 Å². The van der Waals surface area contributed by atoms with Gasteiger partial charge in [0.05, 0.1) is 0 Å². The van der Waals surface area contributed by atoms with Crippen LogP contribution in [0.25, 0.3) is 0 Å². The van der Waals surface area contributed by atoms with Crippen molar-refractivity contribution in [2.45, 2.75) is 13.8 Å². The zero-order chi connectivity index (χ0) is 6.57. The first-order valence-electron chi connectivity index (χ1n) is 2.12. The average Bonchev–Trinajstić information content (AvgIpc) is 1.61. The molecule has 1 N–H and O–H groups in total. The molecule has 0 aromatic heterocycles. The van der Waals surface area contributed by atoms with Gasteiger partial charge in [-0.15, -0.1) is 4.99 Å². The molecule has 0 atom stereocenters. The molecule has 0 saturated heterocycles. The summed E-state index contributed by atoms with van der Waals surface area (Å²) in [5, 5.41) is 7.92. The van der Waals surface area contributed by atoms with E-state index >= 15 is 0 Å². The zero-order valence-corrected chi connectivity index (χ0v) is 4.80. The molecule has 8 heavy (non-hydrogen) atoms. The Morgan fingerprint density at radius 2 is 2.12 bits per heavy atom. The molecule has 0 fully saturated rings. The van der Waals surface area contributed by atoms with E-state index in [0.29, 0.717) is 0 Å². The largest absolute Gasteiger partial charge is 0.463 e. The molecule has 0 heterocycles. The van der Waals surface area contributed by atoms with Crippen molar-refractivity contribution >= 4 is 12.0 Å². The Balaban J connectivity index is 4.03. The second kappa shape index (κ2) is 2.99. The highest BCUT2D eigenvalue weighted by molar-refractivity contribution is 5.76. The first kappa shape index (κ1) is 6.92. The fourth-order valence-electron chi connectivity index (χ4n) is 0.160. The first-order chi connectivity index (χ1) is 3.63. The van der Waals surface area contributed by atoms with E-state index in [-0.39, 0.29) is 0 Å². The molecule has 44 valence electrons. The summed E-state index contributed by atoms with van der Waals surface area (Å²) in [6.07, 6.45) is -1.20. The van der Waals surface area contributed by atoms with Gasteiger partial charge in [0.15, 0.2) is 0 Å². The third-order valence-corrected chi connectivity index (χ3v) is 0.375. The maximum Gasteiger partial charge on any atom is 0.439 e. The predicted octanol–water partition coefficient (Wildman–Crippen LogP) is 1.30. The summed E-state index contributed by atoms with van der Waals surface area (Å²) in [6.45, 7) is 3.46. The smallest absolute Gasteiger partial charge is 0.439 e. The lowest BCUT2D eigenvalue weighted by Crippen LogP contribution is -1.81. The van der Waals surface area contributed by atoms with Gasteiger partial charge in [0.2, 0.25) is 0 Å². The van der Waals surface area contributed by atoms with Gasteiger partial charge in [-0.25, -0.2) is 4.79 Å². The molecule has 3 heteroatoms. The number of carboxylic acid groups (broad SMARTS) is 1. The number of hydrogen-bond donors (Lipinski definition) is 1. The van der Waals surface area contributed by atoms with Crippen molar-refractivity contribution in [3.63, 3.8) is 0 Å². The van der Waals surface area contributed by atoms with E-state index in [0.717, 1.165) is 5.57 Å². The fourth-order valence-corrected chi connectivity index (χ4v) is 0.160. The summed E-state index contributed by atoms with van der Waals surface area (Å²) < 4.78 is 0. The Morgan fingerprint density at radius 3 is 2.25 bits per heavy atom. The van der Waals surface area contributed by atoms with Crippen molar-refractivity contribution in [2.24, 2.45) is 4.99 Å². The molecule has 0 rings (SSSR count). The van der Waals surface area contributed by atoms with Crippen LogP contribution in [0.2, 0.25) is 0 Å². The maximum absolute atomic E-state index is 9.66. The zero-order valence-electron chi connectivity index (χ0n) is 4.80. The molecule has 1 amide bonds. The van der Waals surface area contributed by atoms with Crippen LogP contribution >= 0.6 is 0 Å². The molecule has 0 aromatic rings. The second-order valence-electron chi connectivity index (χ2n) is 1.51.